The Labute approximate surface area is 135 Å². The molecule has 2 aromatic rings. The number of phenolic OH excluding ortho intramolecular Hbond substituents is 2. The number of hydrogen-bond donors (Lipinski definition) is 3. The third kappa shape index (κ3) is 2.96. The van der Waals surface area contributed by atoms with Crippen molar-refractivity contribution in [3.63, 3.8) is 0 Å². The highest BCUT2D eigenvalue weighted by atomic mass is 16.3. The number of nitrogens with one attached hydrogen (secondary N) is 1. The zero-order chi connectivity index (χ0) is 16.7. The van der Waals surface area contributed by atoms with Gasteiger partial charge in [-0.1, -0.05) is 43.8 Å². The lowest BCUT2D eigenvalue weighted by Gasteiger charge is -2.21. The van der Waals surface area contributed by atoms with Crippen molar-refractivity contribution in [3.05, 3.63) is 29.8 Å². The third-order valence-corrected chi connectivity index (χ3v) is 3.59. The van der Waals surface area contributed by atoms with E-state index in [9.17, 15) is 10.2 Å². The number of phenols is 2. The van der Waals surface area contributed by atoms with Crippen LogP contribution in [0.1, 0.15) is 26.3 Å². The third-order valence-electron chi connectivity index (χ3n) is 3.59. The summed E-state index contributed by atoms with van der Waals surface area (Å²) in [7, 11) is 17.2. The average Bonchev–Trinajstić information content (AvgIpc) is 2.47. The van der Waals surface area contributed by atoms with Gasteiger partial charge in [0.15, 0.2) is 11.5 Å². The maximum absolute atomic E-state index is 10.0. The van der Waals surface area contributed by atoms with Crippen molar-refractivity contribution < 1.29 is 10.2 Å². The fourth-order valence-corrected chi connectivity index (χ4v) is 2.11. The Balaban J connectivity index is 2.40. The Morgan fingerprint density at radius 1 is 0.818 bits per heavy atom. The molecule has 2 rings (SSSR count). The Kier molecular flexibility index (Phi) is 4.23. The van der Waals surface area contributed by atoms with Gasteiger partial charge in [-0.15, -0.1) is 5.46 Å². The summed E-state index contributed by atoms with van der Waals surface area (Å²) < 4.78 is 0. The average molecular weight is 287 g/mol. The molecule has 6 radical (unpaired) electrons. The van der Waals surface area contributed by atoms with E-state index in [2.05, 4.69) is 26.1 Å². The maximum atomic E-state index is 10.0. The van der Waals surface area contributed by atoms with Gasteiger partial charge in [-0.05, 0) is 23.1 Å². The lowest BCUT2D eigenvalue weighted by atomic mass is 9.71. The first-order chi connectivity index (χ1) is 10.1. The van der Waals surface area contributed by atoms with E-state index in [1.54, 1.807) is 0 Å². The largest absolute Gasteiger partial charge is 0.505 e. The van der Waals surface area contributed by atoms with E-state index in [1.165, 1.54) is 5.56 Å². The Hall–Kier alpha value is -1.97. The van der Waals surface area contributed by atoms with E-state index in [1.807, 2.05) is 24.3 Å². The monoisotopic (exact) mass is 287 g/mol. The summed E-state index contributed by atoms with van der Waals surface area (Å²) >= 11 is 0. The van der Waals surface area contributed by atoms with Crippen molar-refractivity contribution in [3.8, 4) is 11.5 Å². The Bertz CT molecular complexity index is 678. The Morgan fingerprint density at radius 3 is 1.86 bits per heavy atom. The van der Waals surface area contributed by atoms with Crippen molar-refractivity contribution in [2.75, 3.05) is 5.32 Å². The molecule has 0 heterocycles. The molecule has 0 spiro atoms. The molecule has 3 nitrogen and oxygen atoms in total. The summed E-state index contributed by atoms with van der Waals surface area (Å²) in [6, 6.07) is 7.69. The van der Waals surface area contributed by atoms with Crippen molar-refractivity contribution in [1.29, 1.82) is 0 Å². The molecule has 6 heteroatoms. The second kappa shape index (κ2) is 5.67. The van der Waals surface area contributed by atoms with Crippen molar-refractivity contribution in [2.45, 2.75) is 26.2 Å². The van der Waals surface area contributed by atoms with Gasteiger partial charge in [-0.2, -0.15) is 0 Å². The normalized spacial score (nSPS) is 11.4. The minimum Gasteiger partial charge on any atom is -0.505 e. The summed E-state index contributed by atoms with van der Waals surface area (Å²) in [4.78, 5) is 0. The molecule has 0 aliphatic heterocycles. The van der Waals surface area contributed by atoms with E-state index in [0.717, 1.165) is 0 Å². The lowest BCUT2D eigenvalue weighted by Crippen LogP contribution is -2.40. The summed E-state index contributed by atoms with van der Waals surface area (Å²) in [5.41, 5.74) is 2.05. The molecule has 3 N–H and O–H groups in total. The van der Waals surface area contributed by atoms with E-state index in [0.29, 0.717) is 5.69 Å². The van der Waals surface area contributed by atoms with Crippen LogP contribution >= 0.6 is 0 Å². The van der Waals surface area contributed by atoms with Crippen LogP contribution in [0.25, 0.3) is 0 Å². The van der Waals surface area contributed by atoms with Crippen LogP contribution in [0.2, 0.25) is 0 Å². The molecule has 0 saturated carbocycles. The first-order valence-corrected chi connectivity index (χ1v) is 6.88. The number of aromatic hydroxyl groups is 2. The molecule has 0 aliphatic carbocycles. The smallest absolute Gasteiger partial charge is 0.180 e. The predicted octanol–water partition coefficient (Wildman–Crippen LogP) is 0.520. The molecular formula is C16H16B3NO2. The van der Waals surface area contributed by atoms with Gasteiger partial charge in [-0.25, -0.2) is 0 Å². The van der Waals surface area contributed by atoms with Crippen LogP contribution in [0.15, 0.2) is 24.3 Å². The summed E-state index contributed by atoms with van der Waals surface area (Å²) in [5.74, 6) is -0.912. The highest BCUT2D eigenvalue weighted by Crippen LogP contribution is 2.31. The highest BCUT2D eigenvalue weighted by molar-refractivity contribution is 6.59. The Morgan fingerprint density at radius 2 is 1.36 bits per heavy atom. The first-order valence-electron chi connectivity index (χ1n) is 6.88. The minimum absolute atomic E-state index is 0.0316. The van der Waals surface area contributed by atoms with Gasteiger partial charge in [0, 0.05) is 5.69 Å². The van der Waals surface area contributed by atoms with Crippen molar-refractivity contribution in [2.24, 2.45) is 0 Å². The molecular weight excluding hydrogens is 271 g/mol. The van der Waals surface area contributed by atoms with Crippen molar-refractivity contribution >= 4 is 51.3 Å². The number of anilines is 2. The molecule has 0 fully saturated rings. The number of rotatable bonds is 2. The van der Waals surface area contributed by atoms with Gasteiger partial charge in [0.25, 0.3) is 0 Å². The zero-order valence-corrected chi connectivity index (χ0v) is 12.9. The number of benzene rings is 2. The molecule has 22 heavy (non-hydrogen) atoms. The molecule has 0 aromatic heterocycles. The van der Waals surface area contributed by atoms with Crippen LogP contribution in [0.5, 0.6) is 11.5 Å². The summed E-state index contributed by atoms with van der Waals surface area (Å²) in [6.45, 7) is 6.37. The van der Waals surface area contributed by atoms with Crippen LogP contribution in [-0.4, -0.2) is 33.8 Å². The van der Waals surface area contributed by atoms with Gasteiger partial charge in [0.2, 0.25) is 0 Å². The molecule has 0 unspecified atom stereocenters. The van der Waals surface area contributed by atoms with Crippen LogP contribution in [0.3, 0.4) is 0 Å². The second-order valence-corrected chi connectivity index (χ2v) is 6.27. The fourth-order valence-electron chi connectivity index (χ4n) is 2.11. The van der Waals surface area contributed by atoms with E-state index in [4.69, 9.17) is 23.5 Å². The second-order valence-electron chi connectivity index (χ2n) is 6.27. The zero-order valence-electron chi connectivity index (χ0n) is 12.9. The molecule has 0 bridgehead atoms. The van der Waals surface area contributed by atoms with Crippen molar-refractivity contribution in [1.82, 2.24) is 0 Å². The fraction of sp³-hybridized carbons (Fsp3) is 0.250. The maximum Gasteiger partial charge on any atom is 0.180 e. The summed E-state index contributed by atoms with van der Waals surface area (Å²) in [5, 5.41) is 22.7. The van der Waals surface area contributed by atoms with E-state index in [-0.39, 0.29) is 27.5 Å². The van der Waals surface area contributed by atoms with Crippen LogP contribution in [0.4, 0.5) is 11.4 Å². The minimum atomic E-state index is -0.486. The SMILES string of the molecule is [B]c1c([B])c(O)c(O)c(Nc2ccc(C(C)(C)C)cc2)c1[B]. The lowest BCUT2D eigenvalue weighted by molar-refractivity contribution is 0.409. The topological polar surface area (TPSA) is 52.5 Å². The molecule has 0 atom stereocenters. The summed E-state index contributed by atoms with van der Waals surface area (Å²) in [6.07, 6.45) is 0. The molecule has 0 saturated heterocycles. The first kappa shape index (κ1) is 16.4. The van der Waals surface area contributed by atoms with Gasteiger partial charge >= 0.3 is 0 Å². The van der Waals surface area contributed by atoms with Gasteiger partial charge in [0.05, 0.1) is 5.69 Å². The quantitative estimate of drug-likeness (QED) is 0.557. The van der Waals surface area contributed by atoms with Gasteiger partial charge < -0.3 is 15.5 Å². The van der Waals surface area contributed by atoms with Gasteiger partial charge in [0.1, 0.15) is 23.5 Å². The molecule has 106 valence electrons. The van der Waals surface area contributed by atoms with E-state index < -0.39 is 11.5 Å². The van der Waals surface area contributed by atoms with Crippen LogP contribution < -0.4 is 21.7 Å². The molecule has 0 aliphatic rings. The van der Waals surface area contributed by atoms with Crippen LogP contribution in [-0.2, 0) is 5.41 Å². The highest BCUT2D eigenvalue weighted by Gasteiger charge is 2.16. The van der Waals surface area contributed by atoms with Gasteiger partial charge in [-0.3, -0.25) is 0 Å². The standard InChI is InChI=1S/C16H16B3NO2/c1-16(2,3)8-4-6-9(7-5-8)20-13-11(18)10(17)12(19)14(21)15(13)22/h4-7,20-22H,1-3H3. The predicted molar refractivity (Wildman–Crippen MR) is 94.4 cm³/mol. The molecule has 2 aromatic carbocycles. The molecule has 0 amide bonds. The van der Waals surface area contributed by atoms with Crippen LogP contribution in [0, 0.1) is 0 Å². The number of hydrogen-bond acceptors (Lipinski definition) is 3. The van der Waals surface area contributed by atoms with E-state index >= 15 is 0 Å².